The number of nitrogens with one attached hydrogen (secondary N) is 1. The van der Waals surface area contributed by atoms with Crippen LogP contribution >= 0.6 is 0 Å². The summed E-state index contributed by atoms with van der Waals surface area (Å²) in [5, 5.41) is 6.83. The Bertz CT molecular complexity index is 357. The molecule has 2 aromatic rings. The van der Waals surface area contributed by atoms with Gasteiger partial charge in [0.15, 0.2) is 5.65 Å². The first-order valence-corrected chi connectivity index (χ1v) is 2.93. The minimum atomic E-state index is 0.626. The summed E-state index contributed by atoms with van der Waals surface area (Å²) >= 11 is 0. The molecule has 0 saturated heterocycles. The number of aromatic nitrogens is 4. The van der Waals surface area contributed by atoms with E-state index >= 15 is 0 Å². The Balaban J connectivity index is 2.90. The molecular formula is C5H7N5. The van der Waals surface area contributed by atoms with Crippen molar-refractivity contribution >= 4 is 11.3 Å². The van der Waals surface area contributed by atoms with Gasteiger partial charge in [-0.05, 0) is 6.92 Å². The fraction of sp³-hybridized carbons (Fsp3) is 0.200. The molecule has 2 aromatic heterocycles. The third kappa shape index (κ3) is 0.513. The largest absolute Gasteiger partial charge is 0.394 e. The topological polar surface area (TPSA) is 72.0 Å². The molecule has 5 nitrogen and oxygen atoms in total. The zero-order valence-electron chi connectivity index (χ0n) is 5.50. The van der Waals surface area contributed by atoms with Gasteiger partial charge in [-0.2, -0.15) is 4.63 Å². The molecule has 0 radical (unpaired) electrons. The van der Waals surface area contributed by atoms with Gasteiger partial charge >= 0.3 is 0 Å². The van der Waals surface area contributed by atoms with Crippen LogP contribution < -0.4 is 5.73 Å². The number of hydrogen-bond acceptors (Lipinski definition) is 3. The van der Waals surface area contributed by atoms with Crippen molar-refractivity contribution in [1.29, 1.82) is 0 Å². The van der Waals surface area contributed by atoms with Gasteiger partial charge in [-0.15, -0.1) is 5.10 Å². The lowest BCUT2D eigenvalue weighted by molar-refractivity contribution is 0.806. The van der Waals surface area contributed by atoms with Crippen LogP contribution in [0, 0.1) is 6.92 Å². The number of aryl methyl sites for hydroxylation is 1. The summed E-state index contributed by atoms with van der Waals surface area (Å²) in [4.78, 5) is 4.07. The van der Waals surface area contributed by atoms with Gasteiger partial charge in [0, 0.05) is 6.20 Å². The monoisotopic (exact) mass is 137 g/mol. The highest BCUT2D eigenvalue weighted by Gasteiger charge is 2.02. The molecule has 3 N–H and O–H groups in total. The molecule has 0 aliphatic heterocycles. The second-order valence-electron chi connectivity index (χ2n) is 2.12. The van der Waals surface area contributed by atoms with Crippen molar-refractivity contribution in [3.8, 4) is 0 Å². The number of anilines is 1. The highest BCUT2D eigenvalue weighted by Crippen LogP contribution is 2.07. The number of nitrogens with zero attached hydrogens (tertiary/aromatic N) is 3. The molecule has 2 heterocycles. The van der Waals surface area contributed by atoms with E-state index in [1.54, 1.807) is 10.8 Å². The molecule has 10 heavy (non-hydrogen) atoms. The van der Waals surface area contributed by atoms with Crippen molar-refractivity contribution in [1.82, 2.24) is 19.8 Å². The third-order valence-electron chi connectivity index (χ3n) is 1.31. The molecule has 0 bridgehead atoms. The summed E-state index contributed by atoms with van der Waals surface area (Å²) in [6.07, 6.45) is 1.66. The Kier molecular flexibility index (Phi) is 0.791. The molecular weight excluding hydrogens is 130 g/mol. The van der Waals surface area contributed by atoms with E-state index in [4.69, 9.17) is 5.73 Å². The second-order valence-corrected chi connectivity index (χ2v) is 2.12. The maximum absolute atomic E-state index is 5.53. The molecule has 0 saturated carbocycles. The Morgan fingerprint density at radius 2 is 2.50 bits per heavy atom. The van der Waals surface area contributed by atoms with E-state index in [1.165, 1.54) is 0 Å². The van der Waals surface area contributed by atoms with Gasteiger partial charge in [0.25, 0.3) is 0 Å². The van der Waals surface area contributed by atoms with E-state index in [-0.39, 0.29) is 0 Å². The molecule has 2 rings (SSSR count). The standard InChI is InChI=1S/C5H7N5/c1-3-8-5-4(6)2-7-10(5)9-3/h2,7H,6H2,1H3. The molecule has 0 aliphatic carbocycles. The lowest BCUT2D eigenvalue weighted by Crippen LogP contribution is -1.84. The molecule has 0 spiro atoms. The predicted octanol–water partition coefficient (Wildman–Crippen LogP) is -0.0520. The summed E-state index contributed by atoms with van der Waals surface area (Å²) in [5.74, 6) is 0.721. The third-order valence-corrected chi connectivity index (χ3v) is 1.31. The fourth-order valence-electron chi connectivity index (χ4n) is 0.887. The second kappa shape index (κ2) is 1.50. The zero-order chi connectivity index (χ0) is 7.14. The number of aromatic amines is 1. The van der Waals surface area contributed by atoms with Crippen molar-refractivity contribution in [2.45, 2.75) is 6.92 Å². The van der Waals surface area contributed by atoms with Gasteiger partial charge in [0.2, 0.25) is 0 Å². The highest BCUT2D eigenvalue weighted by atomic mass is 15.5. The van der Waals surface area contributed by atoms with Crippen LogP contribution in [0.3, 0.4) is 0 Å². The van der Waals surface area contributed by atoms with Gasteiger partial charge < -0.3 is 5.73 Å². The van der Waals surface area contributed by atoms with Crippen LogP contribution in [0.1, 0.15) is 5.82 Å². The molecule has 0 aromatic carbocycles. The molecule has 0 atom stereocenters. The maximum atomic E-state index is 5.53. The van der Waals surface area contributed by atoms with Crippen molar-refractivity contribution in [3.05, 3.63) is 12.0 Å². The first-order chi connectivity index (χ1) is 4.77. The Morgan fingerprint density at radius 3 is 3.20 bits per heavy atom. The molecule has 0 fully saturated rings. The summed E-state index contributed by atoms with van der Waals surface area (Å²) in [6, 6.07) is 0. The van der Waals surface area contributed by atoms with E-state index in [0.29, 0.717) is 11.3 Å². The number of H-pyrrole nitrogens is 1. The van der Waals surface area contributed by atoms with Crippen LogP contribution in [0.25, 0.3) is 5.65 Å². The van der Waals surface area contributed by atoms with Crippen molar-refractivity contribution < 1.29 is 0 Å². The summed E-state index contributed by atoms with van der Waals surface area (Å²) in [5.41, 5.74) is 6.85. The first-order valence-electron chi connectivity index (χ1n) is 2.93. The number of nitrogen functional groups attached to an aromatic ring is 1. The zero-order valence-corrected chi connectivity index (χ0v) is 5.50. The van der Waals surface area contributed by atoms with Crippen LogP contribution in [0.2, 0.25) is 0 Å². The fourth-order valence-corrected chi connectivity index (χ4v) is 0.887. The molecule has 5 heteroatoms. The quantitative estimate of drug-likeness (QED) is 0.534. The van der Waals surface area contributed by atoms with Gasteiger partial charge in [-0.1, -0.05) is 0 Å². The smallest absolute Gasteiger partial charge is 0.198 e. The summed E-state index contributed by atoms with van der Waals surface area (Å²) in [7, 11) is 0. The average molecular weight is 137 g/mol. The highest BCUT2D eigenvalue weighted by molar-refractivity contribution is 5.62. The van der Waals surface area contributed by atoms with Crippen LogP contribution in [-0.4, -0.2) is 19.8 Å². The minimum Gasteiger partial charge on any atom is -0.394 e. The van der Waals surface area contributed by atoms with E-state index in [0.717, 1.165) is 5.82 Å². The molecule has 0 amide bonds. The van der Waals surface area contributed by atoms with Gasteiger partial charge in [0.05, 0.1) is 5.69 Å². The normalized spacial score (nSPS) is 10.9. The van der Waals surface area contributed by atoms with Crippen LogP contribution in [0.15, 0.2) is 6.20 Å². The average Bonchev–Trinajstić information content (AvgIpc) is 2.35. The Labute approximate surface area is 56.8 Å². The minimum absolute atomic E-state index is 0.626. The number of rotatable bonds is 0. The molecule has 52 valence electrons. The van der Waals surface area contributed by atoms with Crippen molar-refractivity contribution in [3.63, 3.8) is 0 Å². The summed E-state index contributed by atoms with van der Waals surface area (Å²) in [6.45, 7) is 1.82. The van der Waals surface area contributed by atoms with E-state index in [1.807, 2.05) is 6.92 Å². The first kappa shape index (κ1) is 5.28. The lowest BCUT2D eigenvalue weighted by Gasteiger charge is -1.75. The maximum Gasteiger partial charge on any atom is 0.198 e. The van der Waals surface area contributed by atoms with E-state index in [2.05, 4.69) is 15.2 Å². The Hall–Kier alpha value is -1.52. The van der Waals surface area contributed by atoms with Crippen LogP contribution in [0.4, 0.5) is 5.69 Å². The number of fused-ring (bicyclic) bond motifs is 1. The van der Waals surface area contributed by atoms with E-state index < -0.39 is 0 Å². The Morgan fingerprint density at radius 1 is 1.70 bits per heavy atom. The van der Waals surface area contributed by atoms with Crippen molar-refractivity contribution in [2.24, 2.45) is 0 Å². The summed E-state index contributed by atoms with van der Waals surface area (Å²) < 4.78 is 1.55. The van der Waals surface area contributed by atoms with E-state index in [9.17, 15) is 0 Å². The van der Waals surface area contributed by atoms with Gasteiger partial charge in [-0.25, -0.2) is 4.98 Å². The number of nitrogens with two attached hydrogens (primary N) is 1. The van der Waals surface area contributed by atoms with Gasteiger partial charge in [-0.3, -0.25) is 5.10 Å². The molecule has 0 aliphatic rings. The van der Waals surface area contributed by atoms with Crippen LogP contribution in [0.5, 0.6) is 0 Å². The van der Waals surface area contributed by atoms with Crippen LogP contribution in [-0.2, 0) is 0 Å². The SMILES string of the molecule is Cc1nc2c(N)c[nH]n2n1. The lowest BCUT2D eigenvalue weighted by atomic mass is 10.6. The van der Waals surface area contributed by atoms with Gasteiger partial charge in [0.1, 0.15) is 5.82 Å². The van der Waals surface area contributed by atoms with Crippen molar-refractivity contribution in [2.75, 3.05) is 5.73 Å². The number of hydrogen-bond donors (Lipinski definition) is 2. The predicted molar refractivity (Wildman–Crippen MR) is 36.5 cm³/mol. The molecule has 0 unspecified atom stereocenters.